The van der Waals surface area contributed by atoms with Gasteiger partial charge in [0.2, 0.25) is 5.88 Å². The van der Waals surface area contributed by atoms with Crippen molar-refractivity contribution in [2.45, 2.75) is 38.8 Å². The molecule has 1 unspecified atom stereocenters. The zero-order valence-electron chi connectivity index (χ0n) is 16.9. The van der Waals surface area contributed by atoms with E-state index in [1.807, 2.05) is 4.90 Å². The molecule has 1 N–H and O–H groups in total. The lowest BCUT2D eigenvalue weighted by Gasteiger charge is -2.46. The van der Waals surface area contributed by atoms with Crippen molar-refractivity contribution in [3.05, 3.63) is 23.9 Å². The number of rotatable bonds is 4. The molecular weight excluding hydrogens is 360 g/mol. The lowest BCUT2D eigenvalue weighted by Crippen LogP contribution is -2.60. The Bertz CT molecular complexity index is 691. The normalized spacial score (nSPS) is 21.6. The Labute approximate surface area is 166 Å². The highest BCUT2D eigenvalue weighted by atomic mass is 16.6. The van der Waals surface area contributed by atoms with Gasteiger partial charge in [-0.25, -0.2) is 14.6 Å². The first-order valence-corrected chi connectivity index (χ1v) is 9.97. The quantitative estimate of drug-likeness (QED) is 0.784. The Morgan fingerprint density at radius 2 is 2.00 bits per heavy atom. The molecule has 154 valence electrons. The van der Waals surface area contributed by atoms with Crippen LogP contribution in [0.25, 0.3) is 0 Å². The van der Waals surface area contributed by atoms with Gasteiger partial charge in [-0.15, -0.1) is 0 Å². The van der Waals surface area contributed by atoms with Crippen LogP contribution in [-0.2, 0) is 4.74 Å². The second-order valence-corrected chi connectivity index (χ2v) is 7.68. The number of methoxy groups -OCH3 is 1. The van der Waals surface area contributed by atoms with Crippen LogP contribution in [0.1, 0.15) is 37.0 Å². The van der Waals surface area contributed by atoms with E-state index in [1.165, 1.54) is 25.4 Å². The average molecular weight is 390 g/mol. The Morgan fingerprint density at radius 3 is 2.68 bits per heavy atom. The van der Waals surface area contributed by atoms with E-state index in [0.29, 0.717) is 24.1 Å². The van der Waals surface area contributed by atoms with Gasteiger partial charge in [0.1, 0.15) is 0 Å². The van der Waals surface area contributed by atoms with Crippen molar-refractivity contribution in [2.75, 3.05) is 39.8 Å². The van der Waals surface area contributed by atoms with E-state index < -0.39 is 12.1 Å². The predicted octanol–water partition coefficient (Wildman–Crippen LogP) is 1.76. The van der Waals surface area contributed by atoms with Crippen LogP contribution in [0.3, 0.4) is 0 Å². The van der Waals surface area contributed by atoms with Gasteiger partial charge in [0.15, 0.2) is 0 Å². The number of piperidine rings is 1. The van der Waals surface area contributed by atoms with Crippen molar-refractivity contribution in [1.82, 2.24) is 20.1 Å². The Kier molecular flexibility index (Phi) is 6.85. The molecule has 1 aromatic rings. The maximum absolute atomic E-state index is 13.0. The molecule has 2 fully saturated rings. The fourth-order valence-corrected chi connectivity index (χ4v) is 4.02. The molecule has 0 spiro atoms. The standard InChI is InChI=1S/C20H30N4O4/c1-14(2)23-10-11-24(17(13-23)15-4-7-21-8-5-15)20(26)28-18-12-16(6-9-22-18)19(25)27-3/h6,9,12,14-15,17,21H,4-5,7-8,10-11,13H2,1-3H3. The van der Waals surface area contributed by atoms with Gasteiger partial charge in [0.25, 0.3) is 0 Å². The first-order chi connectivity index (χ1) is 13.5. The number of carbonyl (C=O) groups is 2. The summed E-state index contributed by atoms with van der Waals surface area (Å²) >= 11 is 0. The van der Waals surface area contributed by atoms with Crippen molar-refractivity contribution in [3.63, 3.8) is 0 Å². The highest BCUT2D eigenvalue weighted by molar-refractivity contribution is 5.89. The van der Waals surface area contributed by atoms with E-state index in [2.05, 4.69) is 29.0 Å². The highest BCUT2D eigenvalue weighted by Gasteiger charge is 2.38. The van der Waals surface area contributed by atoms with Crippen LogP contribution in [-0.4, -0.2) is 78.8 Å². The fourth-order valence-electron chi connectivity index (χ4n) is 4.02. The molecule has 28 heavy (non-hydrogen) atoms. The second kappa shape index (κ2) is 9.34. The Morgan fingerprint density at radius 1 is 1.25 bits per heavy atom. The summed E-state index contributed by atoms with van der Waals surface area (Å²) in [7, 11) is 1.31. The molecule has 0 saturated carbocycles. The van der Waals surface area contributed by atoms with Crippen molar-refractivity contribution in [2.24, 2.45) is 5.92 Å². The van der Waals surface area contributed by atoms with Gasteiger partial charge in [-0.2, -0.15) is 0 Å². The number of carbonyl (C=O) groups excluding carboxylic acids is 2. The third-order valence-electron chi connectivity index (χ3n) is 5.69. The third-order valence-corrected chi connectivity index (χ3v) is 5.69. The minimum absolute atomic E-state index is 0.114. The Hall–Kier alpha value is -2.19. The van der Waals surface area contributed by atoms with E-state index in [9.17, 15) is 9.59 Å². The zero-order chi connectivity index (χ0) is 20.1. The number of nitrogens with one attached hydrogen (secondary N) is 1. The molecule has 2 aliphatic heterocycles. The number of hydrogen-bond donors (Lipinski definition) is 1. The van der Waals surface area contributed by atoms with E-state index >= 15 is 0 Å². The van der Waals surface area contributed by atoms with Crippen molar-refractivity contribution in [3.8, 4) is 5.88 Å². The van der Waals surface area contributed by atoms with Gasteiger partial charge >= 0.3 is 12.1 Å². The van der Waals surface area contributed by atoms with Crippen LogP contribution >= 0.6 is 0 Å². The van der Waals surface area contributed by atoms with Crippen LogP contribution in [0.2, 0.25) is 0 Å². The maximum Gasteiger partial charge on any atom is 0.416 e. The summed E-state index contributed by atoms with van der Waals surface area (Å²) in [6.07, 6.45) is 3.14. The summed E-state index contributed by atoms with van der Waals surface area (Å²) in [5.74, 6) is 0.0748. The van der Waals surface area contributed by atoms with E-state index in [0.717, 1.165) is 39.0 Å². The molecule has 1 amide bonds. The van der Waals surface area contributed by atoms with Gasteiger partial charge in [0, 0.05) is 37.9 Å². The lowest BCUT2D eigenvalue weighted by atomic mass is 9.87. The largest absolute Gasteiger partial charge is 0.465 e. The van der Waals surface area contributed by atoms with Crippen molar-refractivity contribution >= 4 is 12.1 Å². The van der Waals surface area contributed by atoms with Crippen molar-refractivity contribution < 1.29 is 19.1 Å². The number of ether oxygens (including phenoxy) is 2. The third kappa shape index (κ3) is 4.80. The van der Waals surface area contributed by atoms with Gasteiger partial charge in [-0.3, -0.25) is 4.90 Å². The van der Waals surface area contributed by atoms with Crippen LogP contribution < -0.4 is 10.1 Å². The monoisotopic (exact) mass is 390 g/mol. The van der Waals surface area contributed by atoms with Crippen LogP contribution in [0.15, 0.2) is 18.3 Å². The SMILES string of the molecule is COC(=O)c1ccnc(OC(=O)N2CCN(C(C)C)CC2C2CCNCC2)c1. The Balaban J connectivity index is 1.73. The summed E-state index contributed by atoms with van der Waals surface area (Å²) in [5.41, 5.74) is 0.305. The molecule has 1 aromatic heterocycles. The topological polar surface area (TPSA) is 84.0 Å². The summed E-state index contributed by atoms with van der Waals surface area (Å²) in [6.45, 7) is 8.65. The predicted molar refractivity (Wildman–Crippen MR) is 104 cm³/mol. The second-order valence-electron chi connectivity index (χ2n) is 7.68. The van der Waals surface area contributed by atoms with E-state index in [4.69, 9.17) is 9.47 Å². The minimum atomic E-state index is -0.488. The molecule has 0 aromatic carbocycles. The number of nitrogens with zero attached hydrogens (tertiary/aromatic N) is 3. The first-order valence-electron chi connectivity index (χ1n) is 9.97. The van der Waals surface area contributed by atoms with Crippen LogP contribution in [0.5, 0.6) is 5.88 Å². The molecule has 8 nitrogen and oxygen atoms in total. The first kappa shape index (κ1) is 20.5. The lowest BCUT2D eigenvalue weighted by molar-refractivity contribution is 0.0268. The molecule has 1 atom stereocenters. The molecule has 0 radical (unpaired) electrons. The summed E-state index contributed by atoms with van der Waals surface area (Å²) in [5, 5.41) is 3.39. The van der Waals surface area contributed by atoms with Gasteiger partial charge in [-0.1, -0.05) is 0 Å². The maximum atomic E-state index is 13.0. The molecule has 2 aliphatic rings. The van der Waals surface area contributed by atoms with Crippen LogP contribution in [0, 0.1) is 5.92 Å². The molecule has 0 aliphatic carbocycles. The number of esters is 1. The molecule has 0 bridgehead atoms. The number of hydrogen-bond acceptors (Lipinski definition) is 7. The molecule has 8 heteroatoms. The summed E-state index contributed by atoms with van der Waals surface area (Å²) < 4.78 is 10.3. The number of aromatic nitrogens is 1. The van der Waals surface area contributed by atoms with E-state index in [-0.39, 0.29) is 11.9 Å². The minimum Gasteiger partial charge on any atom is -0.465 e. The van der Waals surface area contributed by atoms with Gasteiger partial charge in [0.05, 0.1) is 18.7 Å². The number of amides is 1. The van der Waals surface area contributed by atoms with Crippen LogP contribution in [0.4, 0.5) is 4.79 Å². The summed E-state index contributed by atoms with van der Waals surface area (Å²) in [6, 6.07) is 3.53. The fraction of sp³-hybridized carbons (Fsp3) is 0.650. The molecular formula is C20H30N4O4. The number of pyridine rings is 1. The molecule has 3 heterocycles. The summed E-state index contributed by atoms with van der Waals surface area (Å²) in [4.78, 5) is 33.0. The highest BCUT2D eigenvalue weighted by Crippen LogP contribution is 2.26. The smallest absolute Gasteiger partial charge is 0.416 e. The molecule has 2 saturated heterocycles. The number of piperazine rings is 1. The zero-order valence-corrected chi connectivity index (χ0v) is 16.9. The average Bonchev–Trinajstić information content (AvgIpc) is 2.73. The van der Waals surface area contributed by atoms with Crippen molar-refractivity contribution in [1.29, 1.82) is 0 Å². The van der Waals surface area contributed by atoms with E-state index in [1.54, 1.807) is 0 Å². The van der Waals surface area contributed by atoms with Gasteiger partial charge < -0.3 is 19.7 Å². The molecule has 3 rings (SSSR count). The van der Waals surface area contributed by atoms with Gasteiger partial charge in [-0.05, 0) is 51.8 Å².